The van der Waals surface area contributed by atoms with Crippen LogP contribution in [0.15, 0.2) is 10.5 Å². The molecule has 14 heavy (non-hydrogen) atoms. The first-order valence-electron chi connectivity index (χ1n) is 5.55. The lowest BCUT2D eigenvalue weighted by Crippen LogP contribution is -2.04. The first-order chi connectivity index (χ1) is 6.72. The number of hydrogen-bond acceptors (Lipinski definition) is 2. The summed E-state index contributed by atoms with van der Waals surface area (Å²) in [7, 11) is 0. The molecule has 2 rings (SSSR count). The third-order valence-electron chi connectivity index (χ3n) is 3.10. The van der Waals surface area contributed by atoms with Crippen LogP contribution in [-0.2, 0) is 6.42 Å². The highest BCUT2D eigenvalue weighted by atomic mass is 16.3. The van der Waals surface area contributed by atoms with E-state index in [0.717, 1.165) is 25.1 Å². The van der Waals surface area contributed by atoms with Gasteiger partial charge in [-0.2, -0.15) is 0 Å². The van der Waals surface area contributed by atoms with Gasteiger partial charge in [-0.1, -0.05) is 13.8 Å². The zero-order valence-corrected chi connectivity index (χ0v) is 9.05. The highest BCUT2D eigenvalue weighted by Gasteiger charge is 2.26. The van der Waals surface area contributed by atoms with Crippen LogP contribution < -0.4 is 5.73 Å². The number of aryl methyl sites for hydroxylation is 1. The molecule has 2 nitrogen and oxygen atoms in total. The van der Waals surface area contributed by atoms with Crippen LogP contribution in [0.25, 0.3) is 0 Å². The van der Waals surface area contributed by atoms with E-state index in [1.807, 2.05) is 0 Å². The average Bonchev–Trinajstić information content (AvgIpc) is 2.67. The van der Waals surface area contributed by atoms with Crippen LogP contribution in [0.1, 0.15) is 55.6 Å². The van der Waals surface area contributed by atoms with Gasteiger partial charge in [0.05, 0.1) is 0 Å². The predicted octanol–water partition coefficient (Wildman–Crippen LogP) is 2.78. The van der Waals surface area contributed by atoms with E-state index < -0.39 is 0 Å². The fourth-order valence-electron chi connectivity index (χ4n) is 2.25. The van der Waals surface area contributed by atoms with E-state index in [1.54, 1.807) is 0 Å². The van der Waals surface area contributed by atoms with Gasteiger partial charge in [-0.15, -0.1) is 0 Å². The molecule has 0 saturated heterocycles. The number of hydrogen-bond donors (Lipinski definition) is 1. The molecule has 0 bridgehead atoms. The van der Waals surface area contributed by atoms with Gasteiger partial charge in [0.25, 0.3) is 0 Å². The minimum Gasteiger partial charge on any atom is -0.466 e. The number of nitrogens with two attached hydrogens (primary N) is 1. The van der Waals surface area contributed by atoms with Gasteiger partial charge in [0.15, 0.2) is 0 Å². The van der Waals surface area contributed by atoms with E-state index in [2.05, 4.69) is 19.9 Å². The lowest BCUT2D eigenvalue weighted by Gasteiger charge is -2.06. The molecule has 1 aromatic rings. The van der Waals surface area contributed by atoms with Gasteiger partial charge < -0.3 is 10.2 Å². The largest absolute Gasteiger partial charge is 0.466 e. The Kier molecular flexibility index (Phi) is 2.64. The summed E-state index contributed by atoms with van der Waals surface area (Å²) in [5.74, 6) is 3.51. The molecule has 1 aliphatic rings. The average molecular weight is 193 g/mol. The lowest BCUT2D eigenvalue weighted by atomic mass is 9.99. The Labute approximate surface area is 85.5 Å². The Morgan fingerprint density at radius 1 is 1.57 bits per heavy atom. The van der Waals surface area contributed by atoms with Crippen LogP contribution in [0.2, 0.25) is 0 Å². The topological polar surface area (TPSA) is 39.2 Å². The molecule has 2 N–H and O–H groups in total. The molecule has 0 spiro atoms. The maximum atomic E-state index is 5.82. The summed E-state index contributed by atoms with van der Waals surface area (Å²) in [5, 5.41) is 0. The molecule has 2 heteroatoms. The maximum absolute atomic E-state index is 5.82. The van der Waals surface area contributed by atoms with Crippen LogP contribution in [0, 0.1) is 0 Å². The fraction of sp³-hybridized carbons (Fsp3) is 0.667. The van der Waals surface area contributed by atoms with Gasteiger partial charge >= 0.3 is 0 Å². The zero-order valence-electron chi connectivity index (χ0n) is 9.05. The Bertz CT molecular complexity index is 314. The van der Waals surface area contributed by atoms with Crippen molar-refractivity contribution in [1.29, 1.82) is 0 Å². The Hall–Kier alpha value is -0.760. The van der Waals surface area contributed by atoms with Crippen molar-refractivity contribution in [3.05, 3.63) is 23.2 Å². The molecule has 1 unspecified atom stereocenters. The monoisotopic (exact) mass is 193 g/mol. The zero-order chi connectivity index (χ0) is 10.1. The van der Waals surface area contributed by atoms with Crippen LogP contribution in [0.3, 0.4) is 0 Å². The number of furan rings is 1. The summed E-state index contributed by atoms with van der Waals surface area (Å²) in [5.41, 5.74) is 7.03. The molecular weight excluding hydrogens is 174 g/mol. The van der Waals surface area contributed by atoms with E-state index in [1.165, 1.54) is 17.7 Å². The van der Waals surface area contributed by atoms with E-state index in [4.69, 9.17) is 10.2 Å². The van der Waals surface area contributed by atoms with E-state index in [9.17, 15) is 0 Å². The second kappa shape index (κ2) is 3.77. The molecule has 0 saturated carbocycles. The molecule has 0 amide bonds. The Morgan fingerprint density at radius 2 is 2.36 bits per heavy atom. The minimum atomic E-state index is 0.499. The van der Waals surface area contributed by atoms with Crippen LogP contribution >= 0.6 is 0 Å². The van der Waals surface area contributed by atoms with Crippen LogP contribution in [0.5, 0.6) is 0 Å². The molecule has 1 heterocycles. The molecular formula is C12H19NO. The van der Waals surface area contributed by atoms with Gasteiger partial charge in [0.2, 0.25) is 0 Å². The second-order valence-corrected chi connectivity index (χ2v) is 4.49. The molecule has 1 aliphatic carbocycles. The molecule has 1 aromatic heterocycles. The van der Waals surface area contributed by atoms with Gasteiger partial charge in [-0.05, 0) is 36.9 Å². The van der Waals surface area contributed by atoms with Gasteiger partial charge in [-0.25, -0.2) is 0 Å². The van der Waals surface area contributed by atoms with Crippen molar-refractivity contribution < 1.29 is 4.42 Å². The molecule has 78 valence electrons. The summed E-state index contributed by atoms with van der Waals surface area (Å²) in [6.45, 7) is 5.13. The van der Waals surface area contributed by atoms with Gasteiger partial charge in [-0.3, -0.25) is 0 Å². The Balaban J connectivity index is 2.21. The van der Waals surface area contributed by atoms with Crippen LogP contribution in [0.4, 0.5) is 0 Å². The van der Waals surface area contributed by atoms with Crippen molar-refractivity contribution in [2.75, 3.05) is 6.54 Å². The quantitative estimate of drug-likeness (QED) is 0.801. The maximum Gasteiger partial charge on any atom is 0.107 e. The standard InChI is InChI=1S/C12H19NO/c1-8(2)12-7-10-9(5-6-13)3-4-11(10)14-12/h7-9H,3-6,13H2,1-2H3. The van der Waals surface area contributed by atoms with Crippen LogP contribution in [-0.4, -0.2) is 6.54 Å². The third kappa shape index (κ3) is 1.59. The fourth-order valence-corrected chi connectivity index (χ4v) is 2.25. The van der Waals surface area contributed by atoms with Crippen molar-refractivity contribution in [3.63, 3.8) is 0 Å². The lowest BCUT2D eigenvalue weighted by molar-refractivity contribution is 0.449. The first-order valence-corrected chi connectivity index (χ1v) is 5.55. The summed E-state index contributed by atoms with van der Waals surface area (Å²) in [6.07, 6.45) is 3.43. The normalized spacial score (nSPS) is 20.4. The third-order valence-corrected chi connectivity index (χ3v) is 3.10. The van der Waals surface area contributed by atoms with E-state index in [0.29, 0.717) is 11.8 Å². The van der Waals surface area contributed by atoms with Crippen molar-refractivity contribution in [2.24, 2.45) is 5.73 Å². The van der Waals surface area contributed by atoms with Crippen molar-refractivity contribution in [2.45, 2.75) is 44.9 Å². The molecule has 0 radical (unpaired) electrons. The van der Waals surface area contributed by atoms with Gasteiger partial charge in [0.1, 0.15) is 11.5 Å². The molecule has 0 aromatic carbocycles. The summed E-state index contributed by atoms with van der Waals surface area (Å²) in [4.78, 5) is 0. The predicted molar refractivity (Wildman–Crippen MR) is 57.5 cm³/mol. The summed E-state index contributed by atoms with van der Waals surface area (Å²) >= 11 is 0. The van der Waals surface area contributed by atoms with Gasteiger partial charge in [0, 0.05) is 12.3 Å². The summed E-state index contributed by atoms with van der Waals surface area (Å²) in [6, 6.07) is 2.24. The Morgan fingerprint density at radius 3 is 3.00 bits per heavy atom. The van der Waals surface area contributed by atoms with Crippen molar-refractivity contribution in [3.8, 4) is 0 Å². The minimum absolute atomic E-state index is 0.499. The second-order valence-electron chi connectivity index (χ2n) is 4.49. The molecule has 0 fully saturated rings. The highest BCUT2D eigenvalue weighted by molar-refractivity contribution is 5.31. The van der Waals surface area contributed by atoms with E-state index in [-0.39, 0.29) is 0 Å². The van der Waals surface area contributed by atoms with E-state index >= 15 is 0 Å². The number of fused-ring (bicyclic) bond motifs is 1. The highest BCUT2D eigenvalue weighted by Crippen LogP contribution is 2.38. The smallest absolute Gasteiger partial charge is 0.107 e. The molecule has 1 atom stereocenters. The SMILES string of the molecule is CC(C)c1cc2c(o1)CCC2CCN. The number of rotatable bonds is 3. The van der Waals surface area contributed by atoms with Crippen molar-refractivity contribution in [1.82, 2.24) is 0 Å². The summed E-state index contributed by atoms with van der Waals surface area (Å²) < 4.78 is 5.82. The van der Waals surface area contributed by atoms with Crippen molar-refractivity contribution >= 4 is 0 Å². The first kappa shape index (κ1) is 9.78. The molecule has 0 aliphatic heterocycles.